The molecule has 1 aliphatic carbocycles. The molecule has 1 saturated carbocycles. The zero-order valence-electron chi connectivity index (χ0n) is 16.8. The molecule has 6 nitrogen and oxygen atoms in total. The van der Waals surface area contributed by atoms with Gasteiger partial charge in [-0.3, -0.25) is 9.69 Å². The number of piperidine rings is 1. The highest BCUT2D eigenvalue weighted by atomic mass is 16.2. The molecule has 2 heterocycles. The van der Waals surface area contributed by atoms with Gasteiger partial charge in [-0.05, 0) is 45.2 Å². The number of hydrogen-bond donors (Lipinski definition) is 1. The molecule has 3 fully saturated rings. The summed E-state index contributed by atoms with van der Waals surface area (Å²) in [6.45, 7) is 4.85. The smallest absolute Gasteiger partial charge is 0.243 e. The van der Waals surface area contributed by atoms with Crippen LogP contribution in [0.3, 0.4) is 0 Å². The predicted molar refractivity (Wildman–Crippen MR) is 106 cm³/mol. The molecule has 0 radical (unpaired) electrons. The van der Waals surface area contributed by atoms with Gasteiger partial charge < -0.3 is 15.1 Å². The Labute approximate surface area is 159 Å². The molecule has 0 bridgehead atoms. The second-order valence-electron chi connectivity index (χ2n) is 8.39. The Balaban J connectivity index is 1.62. The van der Waals surface area contributed by atoms with Gasteiger partial charge >= 0.3 is 0 Å². The van der Waals surface area contributed by atoms with Gasteiger partial charge in [0.25, 0.3) is 0 Å². The minimum atomic E-state index is 0.0692. The number of carbonyl (C=O) groups excluding carboxylic acids is 1. The van der Waals surface area contributed by atoms with E-state index >= 15 is 0 Å². The number of hydrogen-bond acceptors (Lipinski definition) is 3. The molecule has 26 heavy (non-hydrogen) atoms. The lowest BCUT2D eigenvalue weighted by Gasteiger charge is -2.33. The molecule has 0 aromatic carbocycles. The standard InChI is InChI=1S/C20H37N5O/c1-23(2)19(26)15-21-20(22-17-9-5-3-6-10-17)25-14-11-18(16-25)24-12-7-4-8-13-24/h17-18H,3-16H2,1-2H3,(H,21,22). The summed E-state index contributed by atoms with van der Waals surface area (Å²) >= 11 is 0. The second-order valence-corrected chi connectivity index (χ2v) is 8.39. The highest BCUT2D eigenvalue weighted by Gasteiger charge is 2.31. The number of guanidine groups is 1. The largest absolute Gasteiger partial charge is 0.353 e. The van der Waals surface area contributed by atoms with Crippen LogP contribution in [0.2, 0.25) is 0 Å². The van der Waals surface area contributed by atoms with Crippen molar-refractivity contribution in [2.75, 3.05) is 46.8 Å². The van der Waals surface area contributed by atoms with E-state index in [1.165, 1.54) is 70.9 Å². The van der Waals surface area contributed by atoms with Crippen LogP contribution in [0.15, 0.2) is 4.99 Å². The van der Waals surface area contributed by atoms with E-state index in [-0.39, 0.29) is 12.5 Å². The number of nitrogens with one attached hydrogen (secondary N) is 1. The summed E-state index contributed by atoms with van der Waals surface area (Å²) < 4.78 is 0. The van der Waals surface area contributed by atoms with Crippen molar-refractivity contribution >= 4 is 11.9 Å². The van der Waals surface area contributed by atoms with E-state index in [1.807, 2.05) is 0 Å². The SMILES string of the molecule is CN(C)C(=O)CN=C(NC1CCCCC1)N1CCC(N2CCCCC2)C1. The number of aliphatic imine (C=N–C) groups is 1. The lowest BCUT2D eigenvalue weighted by molar-refractivity contribution is -0.127. The van der Waals surface area contributed by atoms with E-state index in [0.717, 1.165) is 19.0 Å². The van der Waals surface area contributed by atoms with Crippen LogP contribution in [0.25, 0.3) is 0 Å². The first-order valence-corrected chi connectivity index (χ1v) is 10.6. The van der Waals surface area contributed by atoms with Crippen LogP contribution in [0.5, 0.6) is 0 Å². The highest BCUT2D eigenvalue weighted by molar-refractivity contribution is 5.85. The van der Waals surface area contributed by atoms with Gasteiger partial charge in [0, 0.05) is 39.3 Å². The van der Waals surface area contributed by atoms with Crippen molar-refractivity contribution in [1.82, 2.24) is 20.0 Å². The van der Waals surface area contributed by atoms with Gasteiger partial charge in [0.1, 0.15) is 6.54 Å². The average Bonchev–Trinajstić information content (AvgIpc) is 3.16. The molecule has 3 rings (SSSR count). The van der Waals surface area contributed by atoms with Gasteiger partial charge in [0.05, 0.1) is 0 Å². The molecule has 3 aliphatic rings. The lowest BCUT2D eigenvalue weighted by atomic mass is 9.96. The van der Waals surface area contributed by atoms with Gasteiger partial charge in [-0.1, -0.05) is 25.7 Å². The summed E-state index contributed by atoms with van der Waals surface area (Å²) in [5.41, 5.74) is 0. The molecule has 0 aromatic heterocycles. The Morgan fingerprint density at radius 1 is 1.00 bits per heavy atom. The van der Waals surface area contributed by atoms with Crippen molar-refractivity contribution in [1.29, 1.82) is 0 Å². The van der Waals surface area contributed by atoms with Crippen molar-refractivity contribution in [3.8, 4) is 0 Å². The maximum absolute atomic E-state index is 12.0. The van der Waals surface area contributed by atoms with Gasteiger partial charge in [0.15, 0.2) is 5.96 Å². The summed E-state index contributed by atoms with van der Waals surface area (Å²) in [7, 11) is 3.60. The molecule has 2 saturated heterocycles. The van der Waals surface area contributed by atoms with Crippen LogP contribution in [-0.2, 0) is 4.79 Å². The van der Waals surface area contributed by atoms with Crippen LogP contribution in [0.1, 0.15) is 57.8 Å². The Morgan fingerprint density at radius 3 is 2.38 bits per heavy atom. The average molecular weight is 364 g/mol. The van der Waals surface area contributed by atoms with Crippen molar-refractivity contribution in [2.45, 2.75) is 69.9 Å². The molecule has 0 spiro atoms. The minimum absolute atomic E-state index is 0.0692. The van der Waals surface area contributed by atoms with Crippen LogP contribution < -0.4 is 5.32 Å². The normalized spacial score (nSPS) is 26.2. The maximum Gasteiger partial charge on any atom is 0.243 e. The van der Waals surface area contributed by atoms with Crippen molar-refractivity contribution < 1.29 is 4.79 Å². The Kier molecular flexibility index (Phi) is 7.17. The summed E-state index contributed by atoms with van der Waals surface area (Å²) in [6, 6.07) is 1.17. The maximum atomic E-state index is 12.0. The summed E-state index contributed by atoms with van der Waals surface area (Å²) in [5.74, 6) is 1.03. The number of rotatable bonds is 4. The monoisotopic (exact) mass is 363 g/mol. The summed E-state index contributed by atoms with van der Waals surface area (Å²) in [5, 5.41) is 3.70. The third-order valence-corrected chi connectivity index (χ3v) is 6.17. The molecule has 1 unspecified atom stereocenters. The first-order chi connectivity index (χ1) is 12.6. The fraction of sp³-hybridized carbons (Fsp3) is 0.900. The van der Waals surface area contributed by atoms with Gasteiger partial charge in [-0.2, -0.15) is 0 Å². The predicted octanol–water partition coefficient (Wildman–Crippen LogP) is 1.91. The molecule has 1 atom stereocenters. The number of amides is 1. The Hall–Kier alpha value is -1.30. The molecule has 148 valence electrons. The fourth-order valence-electron chi connectivity index (χ4n) is 4.47. The third kappa shape index (κ3) is 5.35. The third-order valence-electron chi connectivity index (χ3n) is 6.17. The number of nitrogens with zero attached hydrogens (tertiary/aromatic N) is 4. The van der Waals surface area contributed by atoms with Gasteiger partial charge in [-0.25, -0.2) is 4.99 Å². The summed E-state index contributed by atoms with van der Waals surface area (Å²) in [6.07, 6.45) is 11.7. The Bertz CT molecular complexity index is 481. The van der Waals surface area contributed by atoms with E-state index in [1.54, 1.807) is 19.0 Å². The fourth-order valence-corrected chi connectivity index (χ4v) is 4.47. The zero-order chi connectivity index (χ0) is 18.4. The Morgan fingerprint density at radius 2 is 1.69 bits per heavy atom. The molecule has 1 amide bonds. The quantitative estimate of drug-likeness (QED) is 0.612. The topological polar surface area (TPSA) is 51.2 Å². The molecular formula is C20H37N5O. The summed E-state index contributed by atoms with van der Waals surface area (Å²) in [4.78, 5) is 23.5. The zero-order valence-corrected chi connectivity index (χ0v) is 16.8. The van der Waals surface area contributed by atoms with E-state index in [2.05, 4.69) is 15.1 Å². The highest BCUT2D eigenvalue weighted by Crippen LogP contribution is 2.22. The van der Waals surface area contributed by atoms with Gasteiger partial charge in [-0.15, -0.1) is 0 Å². The minimum Gasteiger partial charge on any atom is -0.353 e. The lowest BCUT2D eigenvalue weighted by Crippen LogP contribution is -2.48. The molecule has 1 N–H and O–H groups in total. The first kappa shape index (κ1) is 19.5. The molecule has 2 aliphatic heterocycles. The van der Waals surface area contributed by atoms with E-state index in [4.69, 9.17) is 4.99 Å². The van der Waals surface area contributed by atoms with Crippen LogP contribution in [-0.4, -0.2) is 85.5 Å². The molecule has 6 heteroatoms. The molecular weight excluding hydrogens is 326 g/mol. The first-order valence-electron chi connectivity index (χ1n) is 10.6. The van der Waals surface area contributed by atoms with E-state index in [9.17, 15) is 4.79 Å². The van der Waals surface area contributed by atoms with Crippen LogP contribution in [0, 0.1) is 0 Å². The van der Waals surface area contributed by atoms with Gasteiger partial charge in [0.2, 0.25) is 5.91 Å². The van der Waals surface area contributed by atoms with E-state index < -0.39 is 0 Å². The van der Waals surface area contributed by atoms with Crippen molar-refractivity contribution in [3.05, 3.63) is 0 Å². The van der Waals surface area contributed by atoms with Crippen LogP contribution in [0.4, 0.5) is 0 Å². The van der Waals surface area contributed by atoms with E-state index in [0.29, 0.717) is 12.1 Å². The number of likely N-dealkylation sites (tertiary alicyclic amines) is 2. The van der Waals surface area contributed by atoms with Crippen molar-refractivity contribution in [2.24, 2.45) is 4.99 Å². The number of carbonyl (C=O) groups is 1. The van der Waals surface area contributed by atoms with Crippen LogP contribution >= 0.6 is 0 Å². The molecule has 0 aromatic rings. The second kappa shape index (κ2) is 9.58. The number of likely N-dealkylation sites (N-methyl/N-ethyl adjacent to an activating group) is 1. The van der Waals surface area contributed by atoms with Crippen molar-refractivity contribution in [3.63, 3.8) is 0 Å².